The molecule has 1 aliphatic heterocycles. The summed E-state index contributed by atoms with van der Waals surface area (Å²) in [5.74, 6) is 0. The minimum Gasteiger partial charge on any atom is -0.370 e. The first-order valence-corrected chi connectivity index (χ1v) is 10.7. The molecular weight excluding hydrogens is 392 g/mol. The summed E-state index contributed by atoms with van der Waals surface area (Å²) in [6.07, 6.45) is 0. The van der Waals surface area contributed by atoms with Gasteiger partial charge in [0.2, 0.25) is 0 Å². The van der Waals surface area contributed by atoms with Crippen LogP contribution in [0.15, 0.2) is 59.4 Å². The minimum absolute atomic E-state index is 0.158. The molecule has 4 rings (SSSR count). The molecule has 0 unspecified atom stereocenters. The minimum atomic E-state index is -0.206. The number of nitrogens with one attached hydrogen (secondary N) is 3. The molecule has 0 aliphatic carbocycles. The average molecular weight is 422 g/mol. The fraction of sp³-hybridized carbons (Fsp3) is 0.333. The number of para-hydroxylation sites is 1. The Labute approximate surface area is 181 Å². The predicted octanol–water partition coefficient (Wildman–Crippen LogP) is 1.79. The van der Waals surface area contributed by atoms with Crippen LogP contribution in [0, 0.1) is 6.92 Å². The molecule has 0 saturated carbocycles. The van der Waals surface area contributed by atoms with E-state index in [1.165, 1.54) is 4.90 Å². The van der Waals surface area contributed by atoms with Crippen LogP contribution in [0.4, 0.5) is 10.5 Å². The number of urea groups is 1. The number of aromatic nitrogens is 1. The number of rotatable bonds is 6. The molecule has 2 heterocycles. The highest BCUT2D eigenvalue weighted by molar-refractivity contribution is 5.89. The molecule has 1 saturated heterocycles. The SMILES string of the molecule is Cc1ccc2cc(CN(CC[NH+]3CCOCC3)C(=O)Nc3ccccc3)c(=O)[nH]c2c1. The van der Waals surface area contributed by atoms with E-state index in [9.17, 15) is 9.59 Å². The van der Waals surface area contributed by atoms with E-state index < -0.39 is 0 Å². The molecule has 1 fully saturated rings. The molecule has 3 N–H and O–H groups in total. The van der Waals surface area contributed by atoms with Crippen molar-refractivity contribution in [1.82, 2.24) is 9.88 Å². The Kier molecular flexibility index (Phi) is 6.64. The highest BCUT2D eigenvalue weighted by Gasteiger charge is 2.20. The van der Waals surface area contributed by atoms with Gasteiger partial charge in [0.1, 0.15) is 13.1 Å². The number of morpholine rings is 1. The molecule has 162 valence electrons. The summed E-state index contributed by atoms with van der Waals surface area (Å²) in [5.41, 5.74) is 3.06. The number of amides is 2. The van der Waals surface area contributed by atoms with Crippen LogP contribution in [0.5, 0.6) is 0 Å². The third-order valence-corrected chi connectivity index (χ3v) is 5.69. The van der Waals surface area contributed by atoms with Gasteiger partial charge in [-0.15, -0.1) is 0 Å². The van der Waals surface area contributed by atoms with Crippen molar-refractivity contribution in [2.24, 2.45) is 0 Å². The first-order chi connectivity index (χ1) is 15.1. The third kappa shape index (κ3) is 5.51. The Morgan fingerprint density at radius 1 is 1.13 bits per heavy atom. The number of H-pyrrole nitrogens is 1. The smallest absolute Gasteiger partial charge is 0.322 e. The van der Waals surface area contributed by atoms with E-state index in [1.807, 2.05) is 61.5 Å². The number of hydrogen-bond acceptors (Lipinski definition) is 3. The van der Waals surface area contributed by atoms with Gasteiger partial charge in [-0.25, -0.2) is 4.79 Å². The number of hydrogen-bond donors (Lipinski definition) is 3. The molecule has 7 heteroatoms. The number of carbonyl (C=O) groups is 1. The van der Waals surface area contributed by atoms with Gasteiger partial charge in [0.25, 0.3) is 5.56 Å². The van der Waals surface area contributed by atoms with Gasteiger partial charge in [0.15, 0.2) is 0 Å². The van der Waals surface area contributed by atoms with Crippen molar-refractivity contribution in [2.45, 2.75) is 13.5 Å². The fourth-order valence-electron chi connectivity index (χ4n) is 3.86. The van der Waals surface area contributed by atoms with Crippen molar-refractivity contribution in [3.63, 3.8) is 0 Å². The van der Waals surface area contributed by atoms with Crippen molar-refractivity contribution in [1.29, 1.82) is 0 Å². The monoisotopic (exact) mass is 421 g/mol. The number of anilines is 1. The van der Waals surface area contributed by atoms with Crippen molar-refractivity contribution in [3.05, 3.63) is 76.1 Å². The van der Waals surface area contributed by atoms with Crippen LogP contribution < -0.4 is 15.8 Å². The number of aryl methyl sites for hydroxylation is 1. The molecule has 0 spiro atoms. The number of nitrogens with zero attached hydrogens (tertiary/aromatic N) is 1. The topological polar surface area (TPSA) is 78.9 Å². The van der Waals surface area contributed by atoms with Crippen LogP contribution in [0.1, 0.15) is 11.1 Å². The van der Waals surface area contributed by atoms with Gasteiger partial charge in [0, 0.05) is 16.8 Å². The standard InChI is InChI=1S/C24H28N4O3/c1-18-7-8-19-16-20(23(29)26-22(19)15-18)17-28(10-9-27-11-13-31-14-12-27)24(30)25-21-5-3-2-4-6-21/h2-8,15-16H,9-14,17H2,1H3,(H,25,30)(H,26,29)/p+1. The number of benzene rings is 2. The van der Waals surface area contributed by atoms with Crippen molar-refractivity contribution in [3.8, 4) is 0 Å². The highest BCUT2D eigenvalue weighted by atomic mass is 16.5. The second kappa shape index (κ2) is 9.76. The summed E-state index contributed by atoms with van der Waals surface area (Å²) in [7, 11) is 0. The maximum atomic E-state index is 13.1. The molecule has 2 aromatic carbocycles. The van der Waals surface area contributed by atoms with Gasteiger partial charge < -0.3 is 24.8 Å². The lowest BCUT2D eigenvalue weighted by molar-refractivity contribution is -0.907. The lowest BCUT2D eigenvalue weighted by Gasteiger charge is -2.28. The lowest BCUT2D eigenvalue weighted by atomic mass is 10.1. The molecule has 7 nitrogen and oxygen atoms in total. The molecule has 0 bridgehead atoms. The number of pyridine rings is 1. The number of ether oxygens (including phenoxy) is 1. The predicted molar refractivity (Wildman–Crippen MR) is 122 cm³/mol. The number of carbonyl (C=O) groups excluding carboxylic acids is 1. The number of aromatic amines is 1. The molecule has 0 radical (unpaired) electrons. The normalized spacial score (nSPS) is 14.5. The Morgan fingerprint density at radius 3 is 2.68 bits per heavy atom. The van der Waals surface area contributed by atoms with E-state index in [0.29, 0.717) is 12.1 Å². The maximum absolute atomic E-state index is 13.1. The highest BCUT2D eigenvalue weighted by Crippen LogP contribution is 2.14. The quantitative estimate of drug-likeness (QED) is 0.568. The molecule has 1 aromatic heterocycles. The van der Waals surface area contributed by atoms with Crippen LogP contribution in [-0.2, 0) is 11.3 Å². The van der Waals surface area contributed by atoms with Gasteiger partial charge in [-0.05, 0) is 42.1 Å². The van der Waals surface area contributed by atoms with E-state index in [2.05, 4.69) is 10.3 Å². The Hall–Kier alpha value is -3.16. The summed E-state index contributed by atoms with van der Waals surface area (Å²) in [4.78, 5) is 31.9. The Bertz CT molecular complexity index is 1090. The number of fused-ring (bicyclic) bond motifs is 1. The first-order valence-electron chi connectivity index (χ1n) is 10.7. The van der Waals surface area contributed by atoms with E-state index in [-0.39, 0.29) is 18.1 Å². The fourth-order valence-corrected chi connectivity index (χ4v) is 3.86. The second-order valence-electron chi connectivity index (χ2n) is 8.04. The third-order valence-electron chi connectivity index (χ3n) is 5.69. The van der Waals surface area contributed by atoms with Crippen LogP contribution in [0.2, 0.25) is 0 Å². The first kappa shape index (κ1) is 21.1. The van der Waals surface area contributed by atoms with Gasteiger partial charge in [-0.2, -0.15) is 0 Å². The van der Waals surface area contributed by atoms with Crippen molar-refractivity contribution >= 4 is 22.6 Å². The maximum Gasteiger partial charge on any atom is 0.322 e. The summed E-state index contributed by atoms with van der Waals surface area (Å²) in [6.45, 7) is 6.98. The van der Waals surface area contributed by atoms with Crippen LogP contribution in [-0.4, -0.2) is 55.3 Å². The van der Waals surface area contributed by atoms with Gasteiger partial charge >= 0.3 is 6.03 Å². The summed E-state index contributed by atoms with van der Waals surface area (Å²) in [6, 6.07) is 17.0. The number of quaternary nitrogens is 1. The zero-order valence-corrected chi connectivity index (χ0v) is 17.8. The van der Waals surface area contributed by atoms with Crippen molar-refractivity contribution < 1.29 is 14.4 Å². The molecular formula is C24H29N4O3+. The molecule has 1 aliphatic rings. The second-order valence-corrected chi connectivity index (χ2v) is 8.04. The zero-order valence-electron chi connectivity index (χ0n) is 17.8. The van der Waals surface area contributed by atoms with Crippen LogP contribution >= 0.6 is 0 Å². The Morgan fingerprint density at radius 2 is 1.90 bits per heavy atom. The van der Waals surface area contributed by atoms with E-state index in [0.717, 1.165) is 55.0 Å². The zero-order chi connectivity index (χ0) is 21.6. The van der Waals surface area contributed by atoms with E-state index >= 15 is 0 Å². The largest absolute Gasteiger partial charge is 0.370 e. The van der Waals surface area contributed by atoms with Gasteiger partial charge in [-0.1, -0.05) is 30.3 Å². The van der Waals surface area contributed by atoms with E-state index in [1.54, 1.807) is 4.90 Å². The molecule has 31 heavy (non-hydrogen) atoms. The van der Waals surface area contributed by atoms with Gasteiger partial charge in [-0.3, -0.25) is 4.79 Å². The van der Waals surface area contributed by atoms with Crippen molar-refractivity contribution in [2.75, 3.05) is 44.7 Å². The van der Waals surface area contributed by atoms with Gasteiger partial charge in [0.05, 0.1) is 32.8 Å². The molecule has 2 amide bonds. The summed E-state index contributed by atoms with van der Waals surface area (Å²) >= 11 is 0. The summed E-state index contributed by atoms with van der Waals surface area (Å²) in [5, 5.41) is 3.92. The average Bonchev–Trinajstić information content (AvgIpc) is 2.78. The Balaban J connectivity index is 1.54. The van der Waals surface area contributed by atoms with Crippen LogP contribution in [0.25, 0.3) is 10.9 Å². The van der Waals surface area contributed by atoms with E-state index in [4.69, 9.17) is 4.74 Å². The molecule has 0 atom stereocenters. The molecule has 3 aromatic rings. The lowest BCUT2D eigenvalue weighted by Crippen LogP contribution is -3.14. The van der Waals surface area contributed by atoms with Crippen LogP contribution in [0.3, 0.4) is 0 Å². The summed E-state index contributed by atoms with van der Waals surface area (Å²) < 4.78 is 5.43.